The van der Waals surface area contributed by atoms with Crippen LogP contribution in [0.5, 0.6) is 0 Å². The summed E-state index contributed by atoms with van der Waals surface area (Å²) in [5.74, 6) is 0.921. The Morgan fingerprint density at radius 2 is 1.97 bits per heavy atom. The molecule has 29 heavy (non-hydrogen) atoms. The van der Waals surface area contributed by atoms with Gasteiger partial charge in [-0.3, -0.25) is 14.7 Å². The second-order valence-corrected chi connectivity index (χ2v) is 7.00. The fourth-order valence-electron chi connectivity index (χ4n) is 2.96. The number of nitrogens with zero attached hydrogens (tertiary/aromatic N) is 4. The van der Waals surface area contributed by atoms with E-state index in [1.807, 2.05) is 24.8 Å². The summed E-state index contributed by atoms with van der Waals surface area (Å²) in [6.07, 6.45) is -2.35. The highest BCUT2D eigenvalue weighted by atomic mass is 19.4. The maximum absolute atomic E-state index is 12.9. The summed E-state index contributed by atoms with van der Waals surface area (Å²) in [5.41, 5.74) is 1.01. The molecule has 0 spiro atoms. The van der Waals surface area contributed by atoms with E-state index in [2.05, 4.69) is 20.6 Å². The highest BCUT2D eigenvalue weighted by Gasteiger charge is 2.41. The van der Waals surface area contributed by atoms with Crippen molar-refractivity contribution in [1.29, 1.82) is 0 Å². The summed E-state index contributed by atoms with van der Waals surface area (Å²) in [6.45, 7) is 7.46. The number of piperazine rings is 1. The summed E-state index contributed by atoms with van der Waals surface area (Å²) in [4.78, 5) is 24.0. The van der Waals surface area contributed by atoms with E-state index in [0.717, 1.165) is 5.56 Å². The predicted octanol–water partition coefficient (Wildman–Crippen LogP) is 2.25. The van der Waals surface area contributed by atoms with E-state index in [1.54, 1.807) is 12.3 Å². The van der Waals surface area contributed by atoms with Crippen LogP contribution in [0.25, 0.3) is 0 Å². The summed E-state index contributed by atoms with van der Waals surface area (Å²) in [7, 11) is 0. The number of carbonyl (C=O) groups is 1. The normalized spacial score (nSPS) is 17.2. The van der Waals surface area contributed by atoms with E-state index in [-0.39, 0.29) is 18.9 Å². The summed E-state index contributed by atoms with van der Waals surface area (Å²) in [5, 5.41) is 5.87. The molecule has 1 atom stereocenters. The Bertz CT molecular complexity index is 684. The van der Waals surface area contributed by atoms with E-state index in [1.165, 1.54) is 11.8 Å². The Labute approximate surface area is 169 Å². The number of hydrogen-bond acceptors (Lipinski definition) is 4. The SMILES string of the molecule is CCNC(=NCCC(=O)Nc1ccc(C)cn1)N1CCN(C(C)C(F)(F)F)CC1. The molecule has 1 unspecified atom stereocenters. The van der Waals surface area contributed by atoms with Gasteiger partial charge in [-0.05, 0) is 32.4 Å². The molecule has 0 bridgehead atoms. The molecule has 2 heterocycles. The molecule has 1 aliphatic rings. The van der Waals surface area contributed by atoms with Crippen LogP contribution in [-0.2, 0) is 4.79 Å². The first-order valence-corrected chi connectivity index (χ1v) is 9.77. The summed E-state index contributed by atoms with van der Waals surface area (Å²) in [6, 6.07) is 2.15. The largest absolute Gasteiger partial charge is 0.403 e. The minimum atomic E-state index is -4.22. The standard InChI is InChI=1S/C19H29F3N6O/c1-4-23-18(28-11-9-27(10-12-28)15(3)19(20,21)22)24-8-7-17(29)26-16-6-5-14(2)13-25-16/h5-6,13,15H,4,7-12H2,1-3H3,(H,23,24)(H,25,26,29). The van der Waals surface area contributed by atoms with Crippen LogP contribution in [-0.4, -0.2) is 78.1 Å². The molecule has 0 aliphatic carbocycles. The van der Waals surface area contributed by atoms with Gasteiger partial charge in [0.2, 0.25) is 5.91 Å². The van der Waals surface area contributed by atoms with E-state index in [0.29, 0.717) is 44.5 Å². The minimum absolute atomic E-state index is 0.190. The van der Waals surface area contributed by atoms with Gasteiger partial charge >= 0.3 is 6.18 Å². The molecule has 10 heteroatoms. The van der Waals surface area contributed by atoms with Crippen molar-refractivity contribution >= 4 is 17.7 Å². The maximum Gasteiger partial charge on any atom is 0.403 e. The molecule has 1 fully saturated rings. The van der Waals surface area contributed by atoms with Crippen molar-refractivity contribution in [2.45, 2.75) is 39.4 Å². The molecular formula is C19H29F3N6O. The van der Waals surface area contributed by atoms with Crippen molar-refractivity contribution < 1.29 is 18.0 Å². The Kier molecular flexibility index (Phi) is 8.24. The molecule has 1 aromatic rings. The van der Waals surface area contributed by atoms with Crippen molar-refractivity contribution in [3.8, 4) is 0 Å². The van der Waals surface area contributed by atoms with Crippen LogP contribution in [0.1, 0.15) is 25.8 Å². The third kappa shape index (κ3) is 7.19. The van der Waals surface area contributed by atoms with Crippen LogP contribution in [0.15, 0.2) is 23.3 Å². The molecule has 0 radical (unpaired) electrons. The van der Waals surface area contributed by atoms with Crippen LogP contribution in [0.2, 0.25) is 0 Å². The number of nitrogens with one attached hydrogen (secondary N) is 2. The molecule has 162 valence electrons. The molecule has 1 amide bonds. The van der Waals surface area contributed by atoms with E-state index < -0.39 is 12.2 Å². The van der Waals surface area contributed by atoms with Gasteiger partial charge in [-0.2, -0.15) is 13.2 Å². The van der Waals surface area contributed by atoms with Crippen molar-refractivity contribution in [3.05, 3.63) is 23.9 Å². The molecule has 1 aromatic heterocycles. The zero-order chi connectivity index (χ0) is 21.4. The molecule has 0 aromatic carbocycles. The lowest BCUT2D eigenvalue weighted by Gasteiger charge is -2.39. The van der Waals surface area contributed by atoms with Crippen molar-refractivity contribution in [2.24, 2.45) is 4.99 Å². The fourth-order valence-corrected chi connectivity index (χ4v) is 2.96. The third-order valence-electron chi connectivity index (χ3n) is 4.75. The number of aryl methyl sites for hydroxylation is 1. The number of anilines is 1. The van der Waals surface area contributed by atoms with Crippen molar-refractivity contribution in [3.63, 3.8) is 0 Å². The molecule has 1 aliphatic heterocycles. The fraction of sp³-hybridized carbons (Fsp3) is 0.632. The second kappa shape index (κ2) is 10.4. The zero-order valence-corrected chi connectivity index (χ0v) is 17.1. The molecule has 2 rings (SSSR count). The third-order valence-corrected chi connectivity index (χ3v) is 4.75. The number of aromatic nitrogens is 1. The number of pyridine rings is 1. The molecule has 1 saturated heterocycles. The highest BCUT2D eigenvalue weighted by molar-refractivity contribution is 5.90. The Morgan fingerprint density at radius 3 is 2.52 bits per heavy atom. The minimum Gasteiger partial charge on any atom is -0.357 e. The van der Waals surface area contributed by atoms with Crippen LogP contribution in [0, 0.1) is 6.92 Å². The average molecular weight is 414 g/mol. The number of guanidine groups is 1. The molecular weight excluding hydrogens is 385 g/mol. The maximum atomic E-state index is 12.9. The average Bonchev–Trinajstić information content (AvgIpc) is 2.68. The number of aliphatic imine (C=N–C) groups is 1. The lowest BCUT2D eigenvalue weighted by molar-refractivity contribution is -0.181. The quantitative estimate of drug-likeness (QED) is 0.552. The van der Waals surface area contributed by atoms with Crippen LogP contribution in [0.4, 0.5) is 19.0 Å². The topological polar surface area (TPSA) is 72.9 Å². The van der Waals surface area contributed by atoms with E-state index in [4.69, 9.17) is 0 Å². The first kappa shape index (κ1) is 22.9. The number of rotatable bonds is 6. The lowest BCUT2D eigenvalue weighted by atomic mass is 10.2. The Hall–Kier alpha value is -2.36. The number of carbonyl (C=O) groups excluding carboxylic acids is 1. The predicted molar refractivity (Wildman–Crippen MR) is 107 cm³/mol. The van der Waals surface area contributed by atoms with Gasteiger partial charge in [0.25, 0.3) is 0 Å². The van der Waals surface area contributed by atoms with E-state index in [9.17, 15) is 18.0 Å². The number of halogens is 3. The smallest absolute Gasteiger partial charge is 0.357 e. The van der Waals surface area contributed by atoms with Gasteiger partial charge in [0.15, 0.2) is 5.96 Å². The molecule has 7 nitrogen and oxygen atoms in total. The first-order valence-electron chi connectivity index (χ1n) is 9.77. The number of hydrogen-bond donors (Lipinski definition) is 2. The lowest BCUT2D eigenvalue weighted by Crippen LogP contribution is -2.56. The van der Waals surface area contributed by atoms with Gasteiger partial charge in [-0.15, -0.1) is 0 Å². The molecule has 2 N–H and O–H groups in total. The monoisotopic (exact) mass is 414 g/mol. The van der Waals surface area contributed by atoms with Crippen molar-refractivity contribution in [1.82, 2.24) is 20.1 Å². The van der Waals surface area contributed by atoms with Crippen LogP contribution < -0.4 is 10.6 Å². The van der Waals surface area contributed by atoms with Crippen LogP contribution >= 0.6 is 0 Å². The number of alkyl halides is 3. The second-order valence-electron chi connectivity index (χ2n) is 7.00. The van der Waals surface area contributed by atoms with Gasteiger partial charge in [-0.1, -0.05) is 6.07 Å². The summed E-state index contributed by atoms with van der Waals surface area (Å²) >= 11 is 0. The summed E-state index contributed by atoms with van der Waals surface area (Å²) < 4.78 is 38.7. The van der Waals surface area contributed by atoms with Crippen molar-refractivity contribution in [2.75, 3.05) is 44.6 Å². The van der Waals surface area contributed by atoms with Gasteiger partial charge in [0.05, 0.1) is 6.54 Å². The van der Waals surface area contributed by atoms with Gasteiger partial charge in [0, 0.05) is 45.3 Å². The van der Waals surface area contributed by atoms with Gasteiger partial charge in [-0.25, -0.2) is 4.98 Å². The highest BCUT2D eigenvalue weighted by Crippen LogP contribution is 2.25. The van der Waals surface area contributed by atoms with Crippen LogP contribution in [0.3, 0.4) is 0 Å². The molecule has 0 saturated carbocycles. The number of amides is 1. The Morgan fingerprint density at radius 1 is 1.28 bits per heavy atom. The van der Waals surface area contributed by atoms with Gasteiger partial charge in [0.1, 0.15) is 11.9 Å². The zero-order valence-electron chi connectivity index (χ0n) is 17.1. The Balaban J connectivity index is 1.85. The first-order chi connectivity index (χ1) is 13.7. The van der Waals surface area contributed by atoms with E-state index >= 15 is 0 Å². The van der Waals surface area contributed by atoms with Gasteiger partial charge < -0.3 is 15.5 Å².